The first-order valence-electron chi connectivity index (χ1n) is 8.23. The van der Waals surface area contributed by atoms with Gasteiger partial charge in [0.15, 0.2) is 0 Å². The molecule has 0 aromatic rings. The van der Waals surface area contributed by atoms with Crippen LogP contribution < -0.4 is 0 Å². The van der Waals surface area contributed by atoms with E-state index in [1.54, 1.807) is 7.11 Å². The zero-order valence-corrected chi connectivity index (χ0v) is 16.0. The predicted octanol–water partition coefficient (Wildman–Crippen LogP) is 3.22. The van der Waals surface area contributed by atoms with E-state index in [1.807, 2.05) is 0 Å². The Morgan fingerprint density at radius 1 is 0.909 bits per heavy atom. The molecule has 0 rings (SSSR count). The van der Waals surface area contributed by atoms with Gasteiger partial charge in [0, 0.05) is 21.0 Å². The predicted molar refractivity (Wildman–Crippen MR) is 94.9 cm³/mol. The van der Waals surface area contributed by atoms with Crippen LogP contribution in [0.4, 0.5) is 0 Å². The van der Waals surface area contributed by atoms with Crippen LogP contribution in [-0.2, 0) is 19.0 Å². The molecule has 134 valence electrons. The van der Waals surface area contributed by atoms with Crippen molar-refractivity contribution in [3.8, 4) is 0 Å². The van der Waals surface area contributed by atoms with E-state index in [2.05, 4.69) is 32.4 Å². The maximum absolute atomic E-state index is 9.92. The fourth-order valence-corrected chi connectivity index (χ4v) is 4.76. The van der Waals surface area contributed by atoms with E-state index in [0.717, 1.165) is 13.2 Å². The van der Waals surface area contributed by atoms with Crippen molar-refractivity contribution >= 4 is 13.2 Å². The Morgan fingerprint density at radius 3 is 1.91 bits per heavy atom. The minimum atomic E-state index is -0.836. The summed E-state index contributed by atoms with van der Waals surface area (Å²) in [5.74, 6) is -0.836. The molecule has 0 heterocycles. The van der Waals surface area contributed by atoms with E-state index in [9.17, 15) is 4.79 Å². The highest BCUT2D eigenvalue weighted by Gasteiger charge is 2.30. The summed E-state index contributed by atoms with van der Waals surface area (Å²) in [7, 11) is 0.976. The Hall–Kier alpha value is -0.220. The van der Waals surface area contributed by atoms with Gasteiger partial charge < -0.3 is 19.3 Å². The lowest BCUT2D eigenvalue weighted by Crippen LogP contribution is -2.12. The lowest BCUT2D eigenvalue weighted by molar-refractivity contribution is -0.138. The molecule has 0 atom stereocenters. The highest BCUT2D eigenvalue weighted by molar-refractivity contribution is 7.75. The van der Waals surface area contributed by atoms with Gasteiger partial charge in [-0.1, -0.05) is 0 Å². The minimum Gasteiger partial charge on any atom is -0.481 e. The van der Waals surface area contributed by atoms with Crippen LogP contribution in [0.3, 0.4) is 0 Å². The van der Waals surface area contributed by atoms with Crippen molar-refractivity contribution in [2.24, 2.45) is 0 Å². The number of hydrogen-bond donors (Lipinski definition) is 1. The number of hydrogen-bond acceptors (Lipinski definition) is 4. The van der Waals surface area contributed by atoms with Gasteiger partial charge in [-0.15, -0.1) is 0 Å². The Balaban J connectivity index is 0. The van der Waals surface area contributed by atoms with Crippen molar-refractivity contribution in [2.45, 2.75) is 34.1 Å². The van der Waals surface area contributed by atoms with Gasteiger partial charge in [0.05, 0.1) is 57.5 Å². The standard InChI is InChI=1S/C10H24OP.C6H12O4/c1-5-11-9-10-12(6-2,7-3)8-4;1-9-4-5-10-3-2-6(7)8/h5-10H2,1-4H3;2-5H2,1H3,(H,7,8)/q+1;. The zero-order valence-electron chi connectivity index (χ0n) is 15.1. The third-order valence-corrected chi connectivity index (χ3v) is 8.97. The van der Waals surface area contributed by atoms with Gasteiger partial charge in [-0.25, -0.2) is 0 Å². The molecule has 0 aromatic carbocycles. The SMILES string of the molecule is CCOCC[P+](CC)(CC)CC.COCCOCCC(=O)O. The average Bonchev–Trinajstić information content (AvgIpc) is 2.52. The lowest BCUT2D eigenvalue weighted by atomic mass is 10.5. The first-order valence-corrected chi connectivity index (χ1v) is 10.8. The molecular weight excluding hydrogens is 303 g/mol. The molecule has 0 aliphatic carbocycles. The fraction of sp³-hybridized carbons (Fsp3) is 0.938. The summed E-state index contributed by atoms with van der Waals surface area (Å²) in [5.41, 5.74) is 0. The summed E-state index contributed by atoms with van der Waals surface area (Å²) < 4.78 is 15.0. The van der Waals surface area contributed by atoms with Crippen LogP contribution in [0, 0.1) is 0 Å². The van der Waals surface area contributed by atoms with Gasteiger partial charge in [0.25, 0.3) is 0 Å². The molecule has 0 unspecified atom stereocenters. The maximum atomic E-state index is 9.92. The molecule has 0 radical (unpaired) electrons. The number of aliphatic carboxylic acids is 1. The molecule has 0 aliphatic rings. The van der Waals surface area contributed by atoms with Crippen molar-refractivity contribution < 1.29 is 24.1 Å². The molecule has 0 aliphatic heterocycles. The van der Waals surface area contributed by atoms with Gasteiger partial charge in [0.2, 0.25) is 0 Å². The third-order valence-electron chi connectivity index (χ3n) is 3.82. The number of rotatable bonds is 13. The van der Waals surface area contributed by atoms with Crippen LogP contribution in [0.2, 0.25) is 0 Å². The maximum Gasteiger partial charge on any atom is 0.305 e. The van der Waals surface area contributed by atoms with Crippen molar-refractivity contribution in [3.05, 3.63) is 0 Å². The van der Waals surface area contributed by atoms with E-state index >= 15 is 0 Å². The second-order valence-corrected chi connectivity index (χ2v) is 9.99. The summed E-state index contributed by atoms with van der Waals surface area (Å²) in [6.07, 6.45) is 5.58. The molecule has 5 nitrogen and oxygen atoms in total. The van der Waals surface area contributed by atoms with E-state index in [1.165, 1.54) is 24.6 Å². The summed E-state index contributed by atoms with van der Waals surface area (Å²) in [4.78, 5) is 9.92. The molecule has 0 spiro atoms. The third kappa shape index (κ3) is 14.7. The Bertz CT molecular complexity index is 236. The van der Waals surface area contributed by atoms with E-state index in [-0.39, 0.29) is 13.0 Å². The summed E-state index contributed by atoms with van der Waals surface area (Å²) in [5, 5.41) is 8.16. The van der Waals surface area contributed by atoms with Gasteiger partial charge in [-0.05, 0) is 27.7 Å². The van der Waals surface area contributed by atoms with Crippen LogP contribution in [0.1, 0.15) is 34.1 Å². The van der Waals surface area contributed by atoms with Crippen LogP contribution in [-0.4, -0.2) is 75.9 Å². The Kier molecular flexibility index (Phi) is 18.7. The van der Waals surface area contributed by atoms with Crippen molar-refractivity contribution in [1.29, 1.82) is 0 Å². The Labute approximate surface area is 137 Å². The monoisotopic (exact) mass is 339 g/mol. The molecule has 22 heavy (non-hydrogen) atoms. The highest BCUT2D eigenvalue weighted by Crippen LogP contribution is 2.57. The molecule has 0 amide bonds. The second-order valence-electron chi connectivity index (χ2n) is 4.96. The second kappa shape index (κ2) is 17.1. The minimum absolute atomic E-state index is 0.0592. The van der Waals surface area contributed by atoms with Gasteiger partial charge in [-0.2, -0.15) is 0 Å². The molecule has 1 N–H and O–H groups in total. The smallest absolute Gasteiger partial charge is 0.305 e. The molecule has 0 saturated carbocycles. The average molecular weight is 339 g/mol. The number of carboxylic acids is 1. The van der Waals surface area contributed by atoms with Crippen LogP contribution in [0.25, 0.3) is 0 Å². The highest BCUT2D eigenvalue weighted by atomic mass is 31.2. The van der Waals surface area contributed by atoms with E-state index < -0.39 is 13.2 Å². The molecule has 0 fully saturated rings. The number of ether oxygens (including phenoxy) is 3. The van der Waals surface area contributed by atoms with Crippen molar-refractivity contribution in [2.75, 3.05) is 64.8 Å². The normalized spacial score (nSPS) is 11.0. The molecular formula is C16H36O5P+. The first kappa shape index (κ1) is 24.0. The summed E-state index contributed by atoms with van der Waals surface area (Å²) in [6, 6.07) is 0. The van der Waals surface area contributed by atoms with Gasteiger partial charge in [-0.3, -0.25) is 4.79 Å². The van der Waals surface area contributed by atoms with Gasteiger partial charge >= 0.3 is 5.97 Å². The van der Waals surface area contributed by atoms with E-state index in [4.69, 9.17) is 14.6 Å². The quantitative estimate of drug-likeness (QED) is 0.412. The van der Waals surface area contributed by atoms with Crippen LogP contribution in [0.5, 0.6) is 0 Å². The van der Waals surface area contributed by atoms with Crippen molar-refractivity contribution in [3.63, 3.8) is 0 Å². The number of carboxylic acid groups (broad SMARTS) is 1. The summed E-state index contributed by atoms with van der Waals surface area (Å²) >= 11 is 0. The molecule has 0 saturated heterocycles. The number of methoxy groups -OCH3 is 1. The summed E-state index contributed by atoms with van der Waals surface area (Å²) in [6.45, 7) is 12.2. The Morgan fingerprint density at radius 2 is 1.50 bits per heavy atom. The van der Waals surface area contributed by atoms with Crippen LogP contribution >= 0.6 is 7.26 Å². The van der Waals surface area contributed by atoms with E-state index in [0.29, 0.717) is 13.2 Å². The van der Waals surface area contributed by atoms with Gasteiger partial charge in [0.1, 0.15) is 0 Å². The largest absolute Gasteiger partial charge is 0.481 e. The topological polar surface area (TPSA) is 65.0 Å². The van der Waals surface area contributed by atoms with Crippen LogP contribution in [0.15, 0.2) is 0 Å². The number of carbonyl (C=O) groups is 1. The molecule has 6 heteroatoms. The lowest BCUT2D eigenvalue weighted by Gasteiger charge is -2.23. The molecule has 0 bridgehead atoms. The first-order chi connectivity index (χ1) is 10.5. The molecule has 0 aromatic heterocycles. The zero-order chi connectivity index (χ0) is 17.3. The fourth-order valence-electron chi connectivity index (χ4n) is 1.95. The van der Waals surface area contributed by atoms with Crippen molar-refractivity contribution in [1.82, 2.24) is 0 Å².